The number of aromatic nitrogens is 1. The van der Waals surface area contributed by atoms with E-state index >= 15 is 0 Å². The summed E-state index contributed by atoms with van der Waals surface area (Å²) < 4.78 is 0. The van der Waals surface area contributed by atoms with E-state index in [1.807, 2.05) is 38.1 Å². The van der Waals surface area contributed by atoms with E-state index in [4.69, 9.17) is 5.73 Å². The summed E-state index contributed by atoms with van der Waals surface area (Å²) in [5, 5.41) is 31.6. The minimum Gasteiger partial charge on any atom is -0.508 e. The number of amides is 5. The van der Waals surface area contributed by atoms with Gasteiger partial charge < -0.3 is 47.1 Å². The molecule has 0 fully saturated rings. The first-order valence-corrected chi connectivity index (χ1v) is 19.6. The van der Waals surface area contributed by atoms with Crippen LogP contribution in [0.5, 0.6) is 5.75 Å². The van der Waals surface area contributed by atoms with Gasteiger partial charge in [0.05, 0.1) is 6.54 Å². The monoisotopic (exact) mass is 795 g/mol. The number of fused-ring (bicyclic) bond motifs is 3. The molecule has 0 radical (unpaired) electrons. The molecule has 4 aromatic rings. The number of benzene rings is 3. The van der Waals surface area contributed by atoms with Crippen LogP contribution in [0, 0.1) is 11.8 Å². The van der Waals surface area contributed by atoms with Crippen molar-refractivity contribution in [3.05, 3.63) is 101 Å². The zero-order valence-corrected chi connectivity index (χ0v) is 33.0. The fourth-order valence-electron chi connectivity index (χ4n) is 7.16. The van der Waals surface area contributed by atoms with Gasteiger partial charge in [0.25, 0.3) is 0 Å². The number of nitrogens with two attached hydrogens (primary N) is 1. The van der Waals surface area contributed by atoms with Crippen molar-refractivity contribution in [3.8, 4) is 5.75 Å². The number of H-pyrrole nitrogens is 1. The second-order valence-electron chi connectivity index (χ2n) is 14.9. The molecule has 9 N–H and O–H groups in total. The molecule has 1 aromatic heterocycles. The van der Waals surface area contributed by atoms with Crippen molar-refractivity contribution in [3.63, 3.8) is 0 Å². The highest BCUT2D eigenvalue weighted by molar-refractivity contribution is 5.97. The molecule has 5 rings (SSSR count). The van der Waals surface area contributed by atoms with Gasteiger partial charge in [0.1, 0.15) is 36.5 Å². The number of para-hydroxylation sites is 1. The fourth-order valence-corrected chi connectivity index (χ4v) is 7.16. The summed E-state index contributed by atoms with van der Waals surface area (Å²) >= 11 is 0. The van der Waals surface area contributed by atoms with Gasteiger partial charge in [-0.3, -0.25) is 24.0 Å². The Balaban J connectivity index is 1.39. The number of rotatable bonds is 18. The Hall–Kier alpha value is -6.22. The molecule has 1 aliphatic rings. The van der Waals surface area contributed by atoms with Crippen molar-refractivity contribution in [1.82, 2.24) is 31.2 Å². The summed E-state index contributed by atoms with van der Waals surface area (Å²) in [7, 11) is 0. The number of aromatic amines is 1. The fraction of sp³-hybridized carbons (Fsp3) is 0.395. The zero-order chi connectivity index (χ0) is 41.9. The molecule has 1 aliphatic heterocycles. The van der Waals surface area contributed by atoms with Gasteiger partial charge in [-0.1, -0.05) is 87.9 Å². The Morgan fingerprint density at radius 3 is 2.14 bits per heavy atom. The number of carboxylic acids is 1. The standard InChI is InChI=1S/C43H53N7O8/c1-4-25(3)38(49-40(54)33(47-39(53)28(5-2)22-44)19-27-15-17-29(51)18-16-27)41(55)48-34-21-31-30-13-9-10-14-32(30)45-36(31)23-50(42(34)56)24-37(52)46-35(43(57)58)20-26-11-7-6-8-12-26/h6-18,25,28,33-35,38,45,51H,4-5,19-24,44H2,1-3H3,(H,46,52)(H,47,53)(H,48,55)(H,49,54)(H,57,58). The quantitative estimate of drug-likeness (QED) is 0.0737. The molecular formula is C43H53N7O8. The number of carboxylic acid groups (broad SMARTS) is 1. The van der Waals surface area contributed by atoms with Crippen LogP contribution >= 0.6 is 0 Å². The number of aliphatic carboxylic acids is 1. The van der Waals surface area contributed by atoms with Crippen LogP contribution in [0.15, 0.2) is 78.9 Å². The molecule has 3 aromatic carbocycles. The molecule has 6 unspecified atom stereocenters. The summed E-state index contributed by atoms with van der Waals surface area (Å²) in [5.74, 6) is -5.06. The number of carbonyl (C=O) groups excluding carboxylic acids is 5. The maximum absolute atomic E-state index is 14.3. The number of aromatic hydroxyl groups is 1. The number of carbonyl (C=O) groups is 6. The van der Waals surface area contributed by atoms with Crippen LogP contribution in [0.2, 0.25) is 0 Å². The van der Waals surface area contributed by atoms with Crippen LogP contribution in [0.1, 0.15) is 56.0 Å². The van der Waals surface area contributed by atoms with E-state index in [0.717, 1.165) is 16.5 Å². The van der Waals surface area contributed by atoms with E-state index < -0.39 is 78.1 Å². The first-order chi connectivity index (χ1) is 27.8. The van der Waals surface area contributed by atoms with Gasteiger partial charge >= 0.3 is 5.97 Å². The Kier molecular flexibility index (Phi) is 14.6. The van der Waals surface area contributed by atoms with E-state index in [1.54, 1.807) is 49.4 Å². The number of phenolic OH excluding ortho intramolecular Hbond substituents is 1. The minimum absolute atomic E-state index is 0.00915. The smallest absolute Gasteiger partial charge is 0.326 e. The van der Waals surface area contributed by atoms with Crippen LogP contribution < -0.4 is 27.0 Å². The lowest BCUT2D eigenvalue weighted by molar-refractivity contribution is -0.143. The van der Waals surface area contributed by atoms with Crippen molar-refractivity contribution in [1.29, 1.82) is 0 Å². The molecule has 0 aliphatic carbocycles. The first-order valence-electron chi connectivity index (χ1n) is 19.6. The summed E-state index contributed by atoms with van der Waals surface area (Å²) in [5.41, 5.74) is 9.43. The Morgan fingerprint density at radius 1 is 0.828 bits per heavy atom. The lowest BCUT2D eigenvalue weighted by Gasteiger charge is -2.30. The molecule has 15 heteroatoms. The van der Waals surface area contributed by atoms with Gasteiger partial charge in [-0.2, -0.15) is 0 Å². The van der Waals surface area contributed by atoms with Crippen molar-refractivity contribution in [2.24, 2.45) is 17.6 Å². The second kappa shape index (κ2) is 19.8. The van der Waals surface area contributed by atoms with Crippen LogP contribution in [-0.4, -0.2) is 92.9 Å². The third-order valence-electron chi connectivity index (χ3n) is 10.8. The lowest BCUT2D eigenvalue weighted by Crippen LogP contribution is -2.59. The Labute approximate surface area is 337 Å². The molecule has 6 atom stereocenters. The van der Waals surface area contributed by atoms with E-state index in [0.29, 0.717) is 29.7 Å². The maximum atomic E-state index is 14.3. The lowest BCUT2D eigenvalue weighted by atomic mass is 9.96. The van der Waals surface area contributed by atoms with Crippen LogP contribution in [0.3, 0.4) is 0 Å². The topological polar surface area (TPSA) is 236 Å². The van der Waals surface area contributed by atoms with Crippen molar-refractivity contribution >= 4 is 46.4 Å². The van der Waals surface area contributed by atoms with Gasteiger partial charge in [-0.15, -0.1) is 0 Å². The SMILES string of the molecule is CCC(CN)C(=O)NC(Cc1ccc(O)cc1)C(=O)NC(C(=O)NC1Cc2c([nH]c3ccccc23)CN(CC(=O)NC(Cc2ccccc2)C(=O)O)C1=O)C(C)CC. The van der Waals surface area contributed by atoms with Gasteiger partial charge in [0.15, 0.2) is 0 Å². The third-order valence-corrected chi connectivity index (χ3v) is 10.8. The highest BCUT2D eigenvalue weighted by Crippen LogP contribution is 2.28. The van der Waals surface area contributed by atoms with E-state index in [1.165, 1.54) is 17.0 Å². The summed E-state index contributed by atoms with van der Waals surface area (Å²) in [4.78, 5) is 86.1. The van der Waals surface area contributed by atoms with E-state index in [9.17, 15) is 39.0 Å². The number of nitrogens with zero attached hydrogens (tertiary/aromatic N) is 1. The number of hydrogen-bond acceptors (Lipinski definition) is 8. The summed E-state index contributed by atoms with van der Waals surface area (Å²) in [6.07, 6.45) is 1.10. The van der Waals surface area contributed by atoms with E-state index in [2.05, 4.69) is 26.3 Å². The maximum Gasteiger partial charge on any atom is 0.326 e. The average Bonchev–Trinajstić information content (AvgIpc) is 3.50. The molecular weight excluding hydrogens is 743 g/mol. The molecule has 15 nitrogen and oxygen atoms in total. The summed E-state index contributed by atoms with van der Waals surface area (Å²) in [6.45, 7) is 5.05. The zero-order valence-electron chi connectivity index (χ0n) is 33.0. The number of nitrogens with one attached hydrogen (secondary N) is 5. The second-order valence-corrected chi connectivity index (χ2v) is 14.9. The third kappa shape index (κ3) is 10.8. The molecule has 58 heavy (non-hydrogen) atoms. The van der Waals surface area contributed by atoms with Crippen LogP contribution in [-0.2, 0) is 54.6 Å². The van der Waals surface area contributed by atoms with Gasteiger partial charge in [0, 0.05) is 48.3 Å². The van der Waals surface area contributed by atoms with Crippen molar-refractivity contribution in [2.75, 3.05) is 13.1 Å². The van der Waals surface area contributed by atoms with Gasteiger partial charge in [0.2, 0.25) is 29.5 Å². The molecule has 0 saturated carbocycles. The minimum atomic E-state index is -1.25. The van der Waals surface area contributed by atoms with Gasteiger partial charge in [-0.25, -0.2) is 4.79 Å². The molecule has 5 amide bonds. The van der Waals surface area contributed by atoms with Crippen LogP contribution in [0.25, 0.3) is 10.9 Å². The summed E-state index contributed by atoms with van der Waals surface area (Å²) in [6, 6.07) is 17.9. The number of hydrogen-bond donors (Lipinski definition) is 8. The van der Waals surface area contributed by atoms with Gasteiger partial charge in [-0.05, 0) is 47.2 Å². The Morgan fingerprint density at radius 2 is 1.48 bits per heavy atom. The van der Waals surface area contributed by atoms with Crippen molar-refractivity contribution < 1.29 is 39.0 Å². The molecule has 2 heterocycles. The predicted molar refractivity (Wildman–Crippen MR) is 217 cm³/mol. The highest BCUT2D eigenvalue weighted by atomic mass is 16.4. The average molecular weight is 796 g/mol. The highest BCUT2D eigenvalue weighted by Gasteiger charge is 2.37. The molecule has 0 bridgehead atoms. The normalized spacial score (nSPS) is 16.5. The van der Waals surface area contributed by atoms with Crippen molar-refractivity contribution in [2.45, 2.75) is 83.6 Å². The van der Waals surface area contributed by atoms with E-state index in [-0.39, 0.29) is 38.1 Å². The Bertz CT molecular complexity index is 2080. The molecule has 0 saturated heterocycles. The number of phenols is 1. The first kappa shape index (κ1) is 42.9. The molecule has 308 valence electrons. The molecule has 0 spiro atoms. The van der Waals surface area contributed by atoms with Crippen LogP contribution in [0.4, 0.5) is 0 Å². The predicted octanol–water partition coefficient (Wildman–Crippen LogP) is 2.30. The largest absolute Gasteiger partial charge is 0.508 e.